The smallest absolute Gasteiger partial charge is 0.268 e. The fraction of sp³-hybridized carbons (Fsp3) is 0.0758. The van der Waals surface area contributed by atoms with Gasteiger partial charge < -0.3 is 33.4 Å². The quantitative estimate of drug-likeness (QED) is 0.0888. The van der Waals surface area contributed by atoms with Crippen molar-refractivity contribution < 1.29 is 43.5 Å². The Morgan fingerprint density at radius 2 is 0.859 bits per heavy atom. The summed E-state index contributed by atoms with van der Waals surface area (Å²) in [4.78, 5) is 8.19. The van der Waals surface area contributed by atoms with Crippen LogP contribution < -0.4 is 28.4 Å². The van der Waals surface area contributed by atoms with Crippen molar-refractivity contribution in [2.45, 2.75) is 13.8 Å². The van der Waals surface area contributed by atoms with E-state index in [1.54, 1.807) is 34.4 Å². The monoisotopic (exact) mass is 1200 g/mol. The molecule has 0 amide bonds. The molecule has 4 heterocycles. The maximum atomic E-state index is 5.37. The van der Waals surface area contributed by atoms with Crippen LogP contribution in [0.25, 0.3) is 79.3 Å². The van der Waals surface area contributed by atoms with E-state index >= 15 is 0 Å². The van der Waals surface area contributed by atoms with Crippen LogP contribution in [0.5, 0.6) is 17.2 Å². The largest absolute Gasteiger partial charge is 0.554 e. The van der Waals surface area contributed by atoms with Crippen LogP contribution in [-0.2, 0) is 20.1 Å². The normalized spacial score (nSPS) is 10.5. The molecule has 0 aliphatic carbocycles. The molecule has 387 valence electrons. The van der Waals surface area contributed by atoms with Crippen molar-refractivity contribution in [1.82, 2.24) is 29.3 Å². The summed E-state index contributed by atoms with van der Waals surface area (Å²) in [6, 6.07) is 82.1. The van der Waals surface area contributed by atoms with Gasteiger partial charge in [-0.15, -0.1) is 24.3 Å². The SMILES string of the molecule is COc1c[c-]c(-n2[c-][n+](-c3ccc(C)cc3)c(-c3ccccc3)c2-c2ccccc2)cc1.COc1c[c-]c(-n2[c-][n+](-c3ccc(OC)cc3)c(-c3ccccc3)c2-c2ccccc2)cc1.Cc1n[n-]c(-c2ccccn2)n1.[Ir]. The number of nitrogens with zero attached hydrogens (tertiary/aromatic N) is 8. The molecule has 0 saturated carbocycles. The Labute approximate surface area is 468 Å². The van der Waals surface area contributed by atoms with Gasteiger partial charge in [-0.3, -0.25) is 19.2 Å². The number of hydrogen-bond acceptors (Lipinski definition) is 6. The van der Waals surface area contributed by atoms with Crippen LogP contribution in [-0.4, -0.2) is 45.5 Å². The molecular formula is C66H53IrN8O3-3. The van der Waals surface area contributed by atoms with Gasteiger partial charge in [0.15, 0.2) is 0 Å². The number of methoxy groups -OCH3 is 3. The van der Waals surface area contributed by atoms with Crippen LogP contribution in [0.1, 0.15) is 11.4 Å². The minimum Gasteiger partial charge on any atom is -0.554 e. The first-order valence-corrected chi connectivity index (χ1v) is 24.9. The van der Waals surface area contributed by atoms with Gasteiger partial charge in [0, 0.05) is 43.6 Å². The molecule has 0 saturated heterocycles. The predicted molar refractivity (Wildman–Crippen MR) is 299 cm³/mol. The number of rotatable bonds is 12. The molecule has 78 heavy (non-hydrogen) atoms. The number of hydrogen-bond donors (Lipinski definition) is 0. The van der Waals surface area contributed by atoms with Gasteiger partial charge in [0.25, 0.3) is 12.7 Å². The van der Waals surface area contributed by atoms with Gasteiger partial charge >= 0.3 is 0 Å². The second-order valence-corrected chi connectivity index (χ2v) is 17.6. The van der Waals surface area contributed by atoms with E-state index in [9.17, 15) is 0 Å². The molecule has 0 unspecified atom stereocenters. The molecule has 11 nitrogen and oxygen atoms in total. The van der Waals surface area contributed by atoms with E-state index in [-0.39, 0.29) is 20.1 Å². The Morgan fingerprint density at radius 3 is 1.23 bits per heavy atom. The van der Waals surface area contributed by atoms with E-state index in [1.165, 1.54) is 5.56 Å². The van der Waals surface area contributed by atoms with Gasteiger partial charge in [-0.1, -0.05) is 145 Å². The summed E-state index contributed by atoms with van der Waals surface area (Å²) < 4.78 is 24.4. The molecule has 8 aromatic carbocycles. The van der Waals surface area contributed by atoms with E-state index in [4.69, 9.17) is 14.2 Å². The molecule has 12 rings (SSSR count). The molecule has 1 radical (unpaired) electrons. The first-order chi connectivity index (χ1) is 37.9. The molecule has 0 aliphatic rings. The molecule has 0 fully saturated rings. The Balaban J connectivity index is 0.000000155. The second-order valence-electron chi connectivity index (χ2n) is 17.6. The Hall–Kier alpha value is -9.48. The van der Waals surface area contributed by atoms with E-state index in [0.29, 0.717) is 11.6 Å². The zero-order chi connectivity index (χ0) is 52.9. The van der Waals surface area contributed by atoms with E-state index in [0.717, 1.165) is 90.7 Å². The third-order valence-corrected chi connectivity index (χ3v) is 12.5. The number of pyridine rings is 1. The van der Waals surface area contributed by atoms with Gasteiger partial charge in [-0.25, -0.2) is 0 Å². The van der Waals surface area contributed by atoms with Crippen LogP contribution >= 0.6 is 0 Å². The van der Waals surface area contributed by atoms with Crippen molar-refractivity contribution in [2.75, 3.05) is 21.3 Å². The standard InChI is InChI=1S/C29H23N2O2.C29H23N2O.C8H7N4.Ir/c1-32-26-17-13-24(14-18-26)30-21-31(25-15-19-27(33-2)20-16-25)29(23-11-7-4-8-12-23)28(30)22-9-5-3-6-10-22;1-22-13-15-25(16-14-22)30-21-31(26-17-19-27(32-2)20-18-26)29(24-11-7-4-8-12-24)28(30)23-9-5-3-6-10-23;1-6-10-8(12-11-6)7-4-2-3-5-9-7;/h3-15,17-20H,1-2H3;3-17,19-20H,1-2H3;2-5H,1H3;/q3*-1;. The number of benzene rings is 8. The van der Waals surface area contributed by atoms with Crippen molar-refractivity contribution in [3.63, 3.8) is 0 Å². The molecule has 0 spiro atoms. The molecule has 0 N–H and O–H groups in total. The fourth-order valence-electron chi connectivity index (χ4n) is 8.68. The first kappa shape index (κ1) is 53.3. The first-order valence-electron chi connectivity index (χ1n) is 24.9. The van der Waals surface area contributed by atoms with E-state index in [2.05, 4.69) is 191 Å². The van der Waals surface area contributed by atoms with Crippen LogP contribution in [0.2, 0.25) is 0 Å². The van der Waals surface area contributed by atoms with Crippen LogP contribution in [0.4, 0.5) is 0 Å². The van der Waals surface area contributed by atoms with E-state index < -0.39 is 0 Å². The minimum absolute atomic E-state index is 0. The molecular weight excluding hydrogens is 1140 g/mol. The van der Waals surface area contributed by atoms with Gasteiger partial charge in [-0.05, 0) is 102 Å². The van der Waals surface area contributed by atoms with Crippen LogP contribution in [0.3, 0.4) is 0 Å². The van der Waals surface area contributed by atoms with Gasteiger partial charge in [0.05, 0.1) is 61.2 Å². The molecule has 4 aromatic heterocycles. The maximum Gasteiger partial charge on any atom is 0.268 e. The summed E-state index contributed by atoms with van der Waals surface area (Å²) in [5.74, 6) is 3.62. The second kappa shape index (κ2) is 25.4. The van der Waals surface area contributed by atoms with Crippen LogP contribution in [0, 0.1) is 38.6 Å². The number of ether oxygens (including phenoxy) is 3. The third-order valence-electron chi connectivity index (χ3n) is 12.5. The van der Waals surface area contributed by atoms with Crippen LogP contribution in [0.15, 0.2) is 231 Å². The summed E-state index contributed by atoms with van der Waals surface area (Å²) in [7, 11) is 5.00. The average molecular weight is 1200 g/mol. The zero-order valence-corrected chi connectivity index (χ0v) is 46.0. The fourth-order valence-corrected chi connectivity index (χ4v) is 8.68. The van der Waals surface area contributed by atoms with Crippen molar-refractivity contribution in [3.05, 3.63) is 267 Å². The predicted octanol–water partition coefficient (Wildman–Crippen LogP) is 12.5. The molecule has 0 atom stereocenters. The van der Waals surface area contributed by atoms with Crippen molar-refractivity contribution >= 4 is 0 Å². The summed E-state index contributed by atoms with van der Waals surface area (Å²) in [5, 5.41) is 7.65. The van der Waals surface area contributed by atoms with Gasteiger partial charge in [-0.2, -0.15) is 24.3 Å². The van der Waals surface area contributed by atoms with Crippen molar-refractivity contribution in [2.24, 2.45) is 0 Å². The molecule has 12 aromatic rings. The third kappa shape index (κ3) is 12.1. The molecule has 12 heteroatoms. The summed E-state index contributed by atoms with van der Waals surface area (Å²) >= 11 is 0. The van der Waals surface area contributed by atoms with E-state index in [1.807, 2.05) is 103 Å². The minimum atomic E-state index is 0. The summed E-state index contributed by atoms with van der Waals surface area (Å²) in [5.41, 5.74) is 14.4. The average Bonchev–Trinajstić information content (AvgIpc) is 4.28. The number of aryl methyl sites for hydroxylation is 2. The Morgan fingerprint density at radius 1 is 0.449 bits per heavy atom. The summed E-state index contributed by atoms with van der Waals surface area (Å²) in [6.07, 6.45) is 8.88. The number of imidazole rings is 2. The summed E-state index contributed by atoms with van der Waals surface area (Å²) in [6.45, 7) is 3.91. The van der Waals surface area contributed by atoms with Gasteiger partial charge in [0.1, 0.15) is 5.75 Å². The topological polar surface area (TPSA) is 98.1 Å². The maximum absolute atomic E-state index is 5.37. The number of aromatic nitrogens is 8. The van der Waals surface area contributed by atoms with Crippen molar-refractivity contribution in [3.8, 4) is 96.5 Å². The Kier molecular flexibility index (Phi) is 17.4. The van der Waals surface area contributed by atoms with Crippen molar-refractivity contribution in [1.29, 1.82) is 0 Å². The molecule has 0 aliphatic heterocycles. The zero-order valence-electron chi connectivity index (χ0n) is 43.6. The van der Waals surface area contributed by atoms with Gasteiger partial charge in [0.2, 0.25) is 0 Å². The Bertz CT molecular complexity index is 3670. The molecule has 0 bridgehead atoms.